The summed E-state index contributed by atoms with van der Waals surface area (Å²) in [7, 11) is 0. The van der Waals surface area contributed by atoms with E-state index in [2.05, 4.69) is 78.2 Å². The number of aromatic nitrogens is 2. The van der Waals surface area contributed by atoms with Crippen molar-refractivity contribution >= 4 is 5.91 Å². The Kier molecular flexibility index (Phi) is 8.27. The molecule has 1 saturated carbocycles. The lowest BCUT2D eigenvalue weighted by Gasteiger charge is -2.40. The number of carbonyl (C=O) groups is 1. The van der Waals surface area contributed by atoms with Gasteiger partial charge in [0.2, 0.25) is 0 Å². The minimum Gasteiger partial charge on any atom is -0.328 e. The van der Waals surface area contributed by atoms with Crippen LogP contribution in [0.2, 0.25) is 0 Å². The molecule has 39 heavy (non-hydrogen) atoms. The fraction of sp³-hybridized carbons (Fsp3) is 0.353. The molecule has 1 heterocycles. The molecule has 0 unspecified atom stereocenters. The van der Waals surface area contributed by atoms with Crippen LogP contribution in [-0.4, -0.2) is 39.5 Å². The third-order valence-electron chi connectivity index (χ3n) is 7.32. The third-order valence-corrected chi connectivity index (χ3v) is 7.32. The van der Waals surface area contributed by atoms with Gasteiger partial charge < -0.3 is 14.8 Å². The maximum absolute atomic E-state index is 14.2. The summed E-state index contributed by atoms with van der Waals surface area (Å²) in [5.41, 5.74) is 3.68. The molecule has 0 radical (unpaired) electrons. The van der Waals surface area contributed by atoms with Crippen LogP contribution in [0.5, 0.6) is 0 Å². The number of nitrogens with zero attached hydrogens (tertiary/aromatic N) is 3. The van der Waals surface area contributed by atoms with E-state index in [1.165, 1.54) is 18.4 Å². The zero-order valence-corrected chi connectivity index (χ0v) is 23.4. The van der Waals surface area contributed by atoms with Crippen LogP contribution in [-0.2, 0) is 6.54 Å². The van der Waals surface area contributed by atoms with Crippen molar-refractivity contribution in [2.45, 2.75) is 58.7 Å². The fourth-order valence-electron chi connectivity index (χ4n) is 5.23. The summed E-state index contributed by atoms with van der Waals surface area (Å²) in [4.78, 5) is 21.5. The Morgan fingerprint density at radius 3 is 2.18 bits per heavy atom. The molecule has 0 saturated heterocycles. The molecule has 1 fully saturated rings. The second-order valence-corrected chi connectivity index (χ2v) is 11.7. The number of benzene rings is 3. The SMILES string of the molecule is CC(C)(C)[C@H](c1nc(-c2ccccc2)cn1Cc1ccccc1)N(CCCNC1CC1)C(=O)c1ccccc1. The summed E-state index contributed by atoms with van der Waals surface area (Å²) < 4.78 is 2.25. The molecular formula is C34H40N4O. The molecule has 3 aromatic carbocycles. The van der Waals surface area contributed by atoms with Gasteiger partial charge in [-0.2, -0.15) is 0 Å². The van der Waals surface area contributed by atoms with Crippen LogP contribution in [0, 0.1) is 5.41 Å². The van der Waals surface area contributed by atoms with Crippen LogP contribution in [0.25, 0.3) is 11.3 Å². The zero-order valence-electron chi connectivity index (χ0n) is 23.4. The van der Waals surface area contributed by atoms with E-state index in [4.69, 9.17) is 4.98 Å². The lowest BCUT2D eigenvalue weighted by atomic mass is 9.84. The van der Waals surface area contributed by atoms with E-state index in [9.17, 15) is 4.79 Å². The summed E-state index contributed by atoms with van der Waals surface area (Å²) in [6, 6.07) is 30.9. The summed E-state index contributed by atoms with van der Waals surface area (Å²) in [5.74, 6) is 0.974. The van der Waals surface area contributed by atoms with Crippen LogP contribution in [0.15, 0.2) is 97.2 Å². The normalized spacial score (nSPS) is 14.2. The second-order valence-electron chi connectivity index (χ2n) is 11.7. The number of amides is 1. The highest BCUT2D eigenvalue weighted by Gasteiger charge is 2.38. The maximum Gasteiger partial charge on any atom is 0.254 e. The molecule has 1 amide bonds. The minimum absolute atomic E-state index is 0.0532. The van der Waals surface area contributed by atoms with Crippen LogP contribution in [0.1, 0.15) is 67.8 Å². The van der Waals surface area contributed by atoms with Gasteiger partial charge in [0.1, 0.15) is 5.82 Å². The van der Waals surface area contributed by atoms with E-state index in [1.807, 2.05) is 54.6 Å². The molecule has 1 N–H and O–H groups in total. The molecule has 1 aliphatic carbocycles. The molecule has 1 aromatic heterocycles. The number of carbonyl (C=O) groups excluding carboxylic acids is 1. The van der Waals surface area contributed by atoms with Crippen molar-refractivity contribution < 1.29 is 4.79 Å². The first kappa shape index (κ1) is 26.9. The Balaban J connectivity index is 1.57. The van der Waals surface area contributed by atoms with Crippen molar-refractivity contribution in [3.63, 3.8) is 0 Å². The lowest BCUT2D eigenvalue weighted by molar-refractivity contribution is 0.0480. The molecule has 5 rings (SSSR count). The van der Waals surface area contributed by atoms with Gasteiger partial charge in [0, 0.05) is 36.5 Å². The van der Waals surface area contributed by atoms with Gasteiger partial charge in [-0.25, -0.2) is 4.98 Å². The Hall–Kier alpha value is -3.70. The van der Waals surface area contributed by atoms with E-state index in [0.717, 1.165) is 30.0 Å². The summed E-state index contributed by atoms with van der Waals surface area (Å²) in [6.07, 6.45) is 5.57. The number of hydrogen-bond donors (Lipinski definition) is 1. The molecule has 0 aliphatic heterocycles. The van der Waals surface area contributed by atoms with Gasteiger partial charge in [-0.3, -0.25) is 4.79 Å². The van der Waals surface area contributed by atoms with Gasteiger partial charge in [-0.05, 0) is 48.9 Å². The predicted octanol–water partition coefficient (Wildman–Crippen LogP) is 6.97. The van der Waals surface area contributed by atoms with Gasteiger partial charge in [0.25, 0.3) is 5.91 Å². The molecular weight excluding hydrogens is 480 g/mol. The zero-order chi connectivity index (χ0) is 27.2. The minimum atomic E-state index is -0.248. The second kappa shape index (κ2) is 12.0. The van der Waals surface area contributed by atoms with Gasteiger partial charge in [-0.1, -0.05) is 99.6 Å². The van der Waals surface area contributed by atoms with Crippen LogP contribution in [0.4, 0.5) is 0 Å². The van der Waals surface area contributed by atoms with Crippen molar-refractivity contribution in [3.05, 3.63) is 114 Å². The molecule has 0 spiro atoms. The van der Waals surface area contributed by atoms with E-state index < -0.39 is 0 Å². The van der Waals surface area contributed by atoms with Gasteiger partial charge >= 0.3 is 0 Å². The quantitative estimate of drug-likeness (QED) is 0.217. The van der Waals surface area contributed by atoms with Gasteiger partial charge in [0.05, 0.1) is 11.7 Å². The van der Waals surface area contributed by atoms with Gasteiger partial charge in [0.15, 0.2) is 0 Å². The Morgan fingerprint density at radius 1 is 0.949 bits per heavy atom. The highest BCUT2D eigenvalue weighted by molar-refractivity contribution is 5.94. The Morgan fingerprint density at radius 2 is 1.56 bits per heavy atom. The van der Waals surface area contributed by atoms with E-state index in [0.29, 0.717) is 24.7 Å². The topological polar surface area (TPSA) is 50.2 Å². The highest BCUT2D eigenvalue weighted by Crippen LogP contribution is 2.40. The predicted molar refractivity (Wildman–Crippen MR) is 159 cm³/mol. The number of imidazole rings is 1. The summed E-state index contributed by atoms with van der Waals surface area (Å²) in [5, 5.41) is 3.62. The molecule has 4 aromatic rings. The average molecular weight is 521 g/mol. The number of hydrogen-bond acceptors (Lipinski definition) is 3. The van der Waals surface area contributed by atoms with E-state index in [-0.39, 0.29) is 17.4 Å². The molecule has 0 bridgehead atoms. The van der Waals surface area contributed by atoms with Gasteiger partial charge in [-0.15, -0.1) is 0 Å². The smallest absolute Gasteiger partial charge is 0.254 e. The van der Waals surface area contributed by atoms with E-state index >= 15 is 0 Å². The number of nitrogens with one attached hydrogen (secondary N) is 1. The first-order valence-corrected chi connectivity index (χ1v) is 14.2. The van der Waals surface area contributed by atoms with Crippen molar-refractivity contribution in [3.8, 4) is 11.3 Å². The standard InChI is InChI=1S/C34H40N4O/c1-34(2,3)31(38(23-13-22-35-29-20-21-29)33(39)28-18-11-6-12-19-28)32-36-30(27-16-9-5-10-17-27)25-37(32)24-26-14-7-4-8-15-26/h4-12,14-19,25,29,31,35H,13,20-24H2,1-3H3/t31-/m0/s1. The van der Waals surface area contributed by atoms with Crippen molar-refractivity contribution in [2.24, 2.45) is 5.41 Å². The summed E-state index contributed by atoms with van der Waals surface area (Å²) >= 11 is 0. The number of rotatable bonds is 11. The van der Waals surface area contributed by atoms with Crippen molar-refractivity contribution in [1.82, 2.24) is 19.8 Å². The highest BCUT2D eigenvalue weighted by atomic mass is 16.2. The largest absolute Gasteiger partial charge is 0.328 e. The average Bonchev–Trinajstić information content (AvgIpc) is 3.69. The van der Waals surface area contributed by atoms with Crippen molar-refractivity contribution in [1.29, 1.82) is 0 Å². The van der Waals surface area contributed by atoms with Crippen LogP contribution in [0.3, 0.4) is 0 Å². The third kappa shape index (κ3) is 6.85. The molecule has 5 nitrogen and oxygen atoms in total. The lowest BCUT2D eigenvalue weighted by Crippen LogP contribution is -2.43. The van der Waals surface area contributed by atoms with Crippen molar-refractivity contribution in [2.75, 3.05) is 13.1 Å². The monoisotopic (exact) mass is 520 g/mol. The first-order chi connectivity index (χ1) is 18.9. The maximum atomic E-state index is 14.2. The molecule has 1 atom stereocenters. The molecule has 5 heteroatoms. The fourth-order valence-corrected chi connectivity index (χ4v) is 5.23. The summed E-state index contributed by atoms with van der Waals surface area (Å²) in [6.45, 7) is 8.92. The van der Waals surface area contributed by atoms with Crippen LogP contribution < -0.4 is 5.32 Å². The Labute approximate surface area is 232 Å². The molecule has 1 aliphatic rings. The van der Waals surface area contributed by atoms with E-state index in [1.54, 1.807) is 0 Å². The Bertz CT molecular complexity index is 1340. The van der Waals surface area contributed by atoms with Crippen LogP contribution >= 0.6 is 0 Å². The first-order valence-electron chi connectivity index (χ1n) is 14.2. The molecule has 202 valence electrons.